The van der Waals surface area contributed by atoms with Crippen LogP contribution in [-0.4, -0.2) is 51.9 Å². The van der Waals surface area contributed by atoms with E-state index in [9.17, 15) is 4.79 Å². The monoisotopic (exact) mass is 469 g/mol. The average molecular weight is 470 g/mol. The van der Waals surface area contributed by atoms with Crippen molar-refractivity contribution in [1.82, 2.24) is 19.9 Å². The fourth-order valence-electron chi connectivity index (χ4n) is 5.36. The summed E-state index contributed by atoms with van der Waals surface area (Å²) in [7, 11) is 0. The molecule has 1 amide bonds. The lowest BCUT2D eigenvalue weighted by Gasteiger charge is -2.46. The number of amides is 1. The third kappa shape index (κ3) is 3.94. The van der Waals surface area contributed by atoms with Crippen molar-refractivity contribution >= 4 is 34.1 Å². The lowest BCUT2D eigenvalue weighted by Crippen LogP contribution is -2.54. The van der Waals surface area contributed by atoms with E-state index in [2.05, 4.69) is 46.1 Å². The van der Waals surface area contributed by atoms with Crippen molar-refractivity contribution in [3.8, 4) is 10.4 Å². The second-order valence-corrected chi connectivity index (χ2v) is 10.8. The van der Waals surface area contributed by atoms with Crippen LogP contribution in [0.5, 0.6) is 0 Å². The van der Waals surface area contributed by atoms with Gasteiger partial charge in [-0.25, -0.2) is 9.97 Å². The number of fused-ring (bicyclic) bond motifs is 3. The van der Waals surface area contributed by atoms with Crippen LogP contribution >= 0.6 is 11.3 Å². The van der Waals surface area contributed by atoms with Crippen LogP contribution < -0.4 is 4.90 Å². The minimum Gasteiger partial charge on any atom is -0.355 e. The van der Waals surface area contributed by atoms with Gasteiger partial charge < -0.3 is 9.80 Å². The Balaban J connectivity index is 1.21. The molecule has 0 saturated carbocycles. The SMILES string of the molecule is Cc1ccc(-c2sc(C)nc2C(=O)N2CC3CC(C2)CN(c2cnc4ccccc4n2)C3)cc1. The predicted molar refractivity (Wildman–Crippen MR) is 136 cm³/mol. The number of piperidine rings is 2. The van der Waals surface area contributed by atoms with Crippen LogP contribution in [0.15, 0.2) is 54.7 Å². The minimum atomic E-state index is 0.0635. The van der Waals surface area contributed by atoms with E-state index in [4.69, 9.17) is 4.98 Å². The highest BCUT2D eigenvalue weighted by Gasteiger charge is 2.37. The van der Waals surface area contributed by atoms with Crippen molar-refractivity contribution in [2.45, 2.75) is 20.3 Å². The summed E-state index contributed by atoms with van der Waals surface area (Å²) >= 11 is 1.60. The minimum absolute atomic E-state index is 0.0635. The summed E-state index contributed by atoms with van der Waals surface area (Å²) < 4.78 is 0. The van der Waals surface area contributed by atoms with E-state index in [-0.39, 0.29) is 5.91 Å². The number of nitrogens with zero attached hydrogens (tertiary/aromatic N) is 5. The average Bonchev–Trinajstić information content (AvgIpc) is 3.24. The zero-order chi connectivity index (χ0) is 23.2. The Morgan fingerprint density at radius 3 is 2.35 bits per heavy atom. The molecule has 2 aromatic carbocycles. The molecule has 2 atom stereocenters. The second kappa shape index (κ2) is 8.47. The zero-order valence-corrected chi connectivity index (χ0v) is 20.3. The highest BCUT2D eigenvalue weighted by molar-refractivity contribution is 7.15. The van der Waals surface area contributed by atoms with Gasteiger partial charge in [0, 0.05) is 26.2 Å². The Bertz CT molecular complexity index is 1350. The summed E-state index contributed by atoms with van der Waals surface area (Å²) in [6.45, 7) is 7.37. The predicted octanol–water partition coefficient (Wildman–Crippen LogP) is 4.97. The lowest BCUT2D eigenvalue weighted by molar-refractivity contribution is 0.0560. The van der Waals surface area contributed by atoms with Crippen LogP contribution in [0.2, 0.25) is 0 Å². The molecule has 0 N–H and O–H groups in total. The molecular weight excluding hydrogens is 442 g/mol. The van der Waals surface area contributed by atoms with Crippen molar-refractivity contribution in [1.29, 1.82) is 0 Å². The quantitative estimate of drug-likeness (QED) is 0.424. The van der Waals surface area contributed by atoms with Gasteiger partial charge in [-0.1, -0.05) is 42.0 Å². The van der Waals surface area contributed by atoms with E-state index in [0.717, 1.165) is 64.9 Å². The van der Waals surface area contributed by atoms with Crippen LogP contribution in [-0.2, 0) is 0 Å². The largest absolute Gasteiger partial charge is 0.355 e. The van der Waals surface area contributed by atoms with Gasteiger partial charge in [0.15, 0.2) is 0 Å². The van der Waals surface area contributed by atoms with Gasteiger partial charge in [0.05, 0.1) is 27.1 Å². The second-order valence-electron chi connectivity index (χ2n) is 9.58. The van der Waals surface area contributed by atoms with Crippen LogP contribution in [0, 0.1) is 25.7 Å². The number of benzene rings is 2. The third-order valence-electron chi connectivity index (χ3n) is 6.88. The van der Waals surface area contributed by atoms with Crippen molar-refractivity contribution in [3.05, 3.63) is 71.0 Å². The maximum Gasteiger partial charge on any atom is 0.274 e. The number of carbonyl (C=O) groups is 1. The first-order valence-electron chi connectivity index (χ1n) is 11.8. The maximum absolute atomic E-state index is 13.6. The van der Waals surface area contributed by atoms with E-state index < -0.39 is 0 Å². The molecule has 6 rings (SSSR count). The number of hydrogen-bond donors (Lipinski definition) is 0. The molecule has 2 aromatic heterocycles. The van der Waals surface area contributed by atoms with Crippen LogP contribution in [0.25, 0.3) is 21.5 Å². The molecular formula is C27H27N5OS. The van der Waals surface area contributed by atoms with Crippen molar-refractivity contribution in [2.75, 3.05) is 31.1 Å². The van der Waals surface area contributed by atoms with Crippen molar-refractivity contribution in [3.63, 3.8) is 0 Å². The molecule has 2 aliphatic rings. The number of para-hydroxylation sites is 2. The highest BCUT2D eigenvalue weighted by atomic mass is 32.1. The smallest absolute Gasteiger partial charge is 0.274 e. The summed E-state index contributed by atoms with van der Waals surface area (Å²) in [4.78, 5) is 33.1. The fraction of sp³-hybridized carbons (Fsp3) is 0.333. The number of hydrogen-bond acceptors (Lipinski definition) is 6. The highest BCUT2D eigenvalue weighted by Crippen LogP contribution is 2.35. The number of rotatable bonds is 3. The van der Waals surface area contributed by atoms with Gasteiger partial charge in [-0.2, -0.15) is 0 Å². The first-order chi connectivity index (χ1) is 16.5. The van der Waals surface area contributed by atoms with Crippen molar-refractivity contribution in [2.24, 2.45) is 11.8 Å². The summed E-state index contributed by atoms with van der Waals surface area (Å²) in [5.41, 5.74) is 4.72. The Labute approximate surface area is 203 Å². The molecule has 2 aliphatic heterocycles. The molecule has 0 spiro atoms. The lowest BCUT2D eigenvalue weighted by atomic mass is 9.84. The number of carbonyl (C=O) groups excluding carboxylic acids is 1. The molecule has 0 radical (unpaired) electrons. The first-order valence-corrected chi connectivity index (χ1v) is 12.7. The molecule has 2 saturated heterocycles. The number of aromatic nitrogens is 3. The summed E-state index contributed by atoms with van der Waals surface area (Å²) in [5, 5.41) is 0.928. The van der Waals surface area contributed by atoms with Gasteiger partial charge in [-0.15, -0.1) is 11.3 Å². The Morgan fingerprint density at radius 1 is 0.912 bits per heavy atom. The maximum atomic E-state index is 13.6. The van der Waals surface area contributed by atoms with Crippen LogP contribution in [0.3, 0.4) is 0 Å². The molecule has 0 aliphatic carbocycles. The van der Waals surface area contributed by atoms with E-state index in [1.165, 1.54) is 5.56 Å². The summed E-state index contributed by atoms with van der Waals surface area (Å²) in [5.74, 6) is 1.85. The zero-order valence-electron chi connectivity index (χ0n) is 19.4. The van der Waals surface area contributed by atoms with E-state index in [1.807, 2.05) is 42.3 Å². The van der Waals surface area contributed by atoms with Crippen molar-refractivity contribution < 1.29 is 4.79 Å². The van der Waals surface area contributed by atoms with Crippen LogP contribution in [0.1, 0.15) is 27.5 Å². The van der Waals surface area contributed by atoms with Gasteiger partial charge in [0.2, 0.25) is 0 Å². The molecule has 2 bridgehead atoms. The van der Waals surface area contributed by atoms with Gasteiger partial charge in [-0.3, -0.25) is 9.78 Å². The summed E-state index contributed by atoms with van der Waals surface area (Å²) in [6, 6.07) is 16.4. The Kier molecular flexibility index (Phi) is 5.29. The molecule has 172 valence electrons. The van der Waals surface area contributed by atoms with E-state index in [0.29, 0.717) is 17.5 Å². The molecule has 2 fully saturated rings. The fourth-order valence-corrected chi connectivity index (χ4v) is 6.27. The molecule has 2 unspecified atom stereocenters. The molecule has 34 heavy (non-hydrogen) atoms. The topological polar surface area (TPSA) is 62.2 Å². The molecule has 7 heteroatoms. The number of likely N-dealkylation sites (tertiary alicyclic amines) is 1. The van der Waals surface area contributed by atoms with E-state index in [1.54, 1.807) is 11.3 Å². The number of thiazole rings is 1. The van der Waals surface area contributed by atoms with Gasteiger partial charge >= 0.3 is 0 Å². The van der Waals surface area contributed by atoms with E-state index >= 15 is 0 Å². The first kappa shape index (κ1) is 21.2. The van der Waals surface area contributed by atoms with Crippen LogP contribution in [0.4, 0.5) is 5.82 Å². The number of anilines is 1. The Morgan fingerprint density at radius 2 is 1.62 bits per heavy atom. The van der Waals surface area contributed by atoms with Gasteiger partial charge in [0.25, 0.3) is 5.91 Å². The van der Waals surface area contributed by atoms with Gasteiger partial charge in [0.1, 0.15) is 11.5 Å². The molecule has 4 heterocycles. The van der Waals surface area contributed by atoms with Gasteiger partial charge in [-0.05, 0) is 49.8 Å². The molecule has 4 aromatic rings. The summed E-state index contributed by atoms with van der Waals surface area (Å²) in [6.07, 6.45) is 3.04. The molecule has 6 nitrogen and oxygen atoms in total. The number of aryl methyl sites for hydroxylation is 2. The normalized spacial score (nSPS) is 20.1. The standard InChI is InChI=1S/C27H27N5OS/c1-17-7-9-21(10-8-17)26-25(29-18(2)34-26)27(33)32-15-19-11-20(16-32)14-31(13-19)24-12-28-22-5-3-4-6-23(22)30-24/h3-10,12,19-20H,11,13-16H2,1-2H3. The Hall–Kier alpha value is -3.32. The third-order valence-corrected chi connectivity index (χ3v) is 7.90.